The fourth-order valence-electron chi connectivity index (χ4n) is 3.92. The standard InChI is InChI=1S/C20H27N3O3/c1-14(26-13-16-7-5-11-25-16)20(24)23-10-4-6-15(12-23)19-21-17-8-2-3-9-18(17)22-19/h2-3,8-9,14-16H,4-7,10-13H2,1H3,(H,21,22)/t14-,15-,16+/m0/s1. The van der Waals surface area contributed by atoms with Crippen molar-refractivity contribution in [2.75, 3.05) is 26.3 Å². The Kier molecular flexibility index (Phi) is 5.22. The molecule has 140 valence electrons. The lowest BCUT2D eigenvalue weighted by molar-refractivity contribution is -0.145. The Morgan fingerprint density at radius 2 is 2.27 bits per heavy atom. The summed E-state index contributed by atoms with van der Waals surface area (Å²) < 4.78 is 11.4. The van der Waals surface area contributed by atoms with Crippen LogP contribution in [0.5, 0.6) is 0 Å². The smallest absolute Gasteiger partial charge is 0.251 e. The summed E-state index contributed by atoms with van der Waals surface area (Å²) >= 11 is 0. The number of para-hydroxylation sites is 2. The molecule has 1 N–H and O–H groups in total. The second-order valence-electron chi connectivity index (χ2n) is 7.37. The summed E-state index contributed by atoms with van der Waals surface area (Å²) in [6, 6.07) is 8.06. The highest BCUT2D eigenvalue weighted by atomic mass is 16.5. The van der Waals surface area contributed by atoms with E-state index in [0.29, 0.717) is 13.2 Å². The Balaban J connectivity index is 1.36. The van der Waals surface area contributed by atoms with Crippen molar-refractivity contribution < 1.29 is 14.3 Å². The number of ether oxygens (including phenoxy) is 2. The van der Waals surface area contributed by atoms with Gasteiger partial charge in [0.2, 0.25) is 0 Å². The highest BCUT2D eigenvalue weighted by Crippen LogP contribution is 2.27. The average molecular weight is 357 g/mol. The molecule has 3 heterocycles. The quantitative estimate of drug-likeness (QED) is 0.893. The second kappa shape index (κ2) is 7.76. The first-order chi connectivity index (χ1) is 12.7. The van der Waals surface area contributed by atoms with Crippen molar-refractivity contribution in [3.63, 3.8) is 0 Å². The number of aromatic amines is 1. The van der Waals surface area contributed by atoms with Crippen molar-refractivity contribution >= 4 is 16.9 Å². The normalized spacial score (nSPS) is 24.9. The summed E-state index contributed by atoms with van der Waals surface area (Å²) in [5.74, 6) is 1.31. The molecule has 6 heteroatoms. The first-order valence-corrected chi connectivity index (χ1v) is 9.67. The summed E-state index contributed by atoms with van der Waals surface area (Å²) in [5.41, 5.74) is 2.04. The van der Waals surface area contributed by atoms with E-state index in [4.69, 9.17) is 14.5 Å². The molecule has 0 spiro atoms. The number of benzene rings is 1. The first-order valence-electron chi connectivity index (χ1n) is 9.67. The number of fused-ring (bicyclic) bond motifs is 1. The van der Waals surface area contributed by atoms with Crippen LogP contribution in [0.25, 0.3) is 11.0 Å². The van der Waals surface area contributed by atoms with Gasteiger partial charge in [-0.15, -0.1) is 0 Å². The van der Waals surface area contributed by atoms with Crippen molar-refractivity contribution in [3.8, 4) is 0 Å². The number of carbonyl (C=O) groups excluding carboxylic acids is 1. The third kappa shape index (κ3) is 3.76. The number of imidazole rings is 1. The van der Waals surface area contributed by atoms with E-state index in [2.05, 4.69) is 4.98 Å². The monoisotopic (exact) mass is 357 g/mol. The molecule has 2 saturated heterocycles. The topological polar surface area (TPSA) is 67.5 Å². The molecule has 4 rings (SSSR count). The van der Waals surface area contributed by atoms with E-state index in [1.54, 1.807) is 0 Å². The molecule has 0 radical (unpaired) electrons. The van der Waals surface area contributed by atoms with Gasteiger partial charge in [-0.05, 0) is 44.7 Å². The van der Waals surface area contributed by atoms with E-state index in [0.717, 1.165) is 55.7 Å². The fourth-order valence-corrected chi connectivity index (χ4v) is 3.92. The minimum absolute atomic E-state index is 0.0730. The van der Waals surface area contributed by atoms with E-state index in [1.807, 2.05) is 36.1 Å². The van der Waals surface area contributed by atoms with Gasteiger partial charge in [-0.3, -0.25) is 4.79 Å². The van der Waals surface area contributed by atoms with Crippen LogP contribution in [0.15, 0.2) is 24.3 Å². The molecule has 0 unspecified atom stereocenters. The highest BCUT2D eigenvalue weighted by Gasteiger charge is 2.30. The van der Waals surface area contributed by atoms with Gasteiger partial charge in [0.1, 0.15) is 11.9 Å². The molecule has 6 nitrogen and oxygen atoms in total. The highest BCUT2D eigenvalue weighted by molar-refractivity contribution is 5.80. The summed E-state index contributed by atoms with van der Waals surface area (Å²) in [4.78, 5) is 22.9. The SMILES string of the molecule is C[C@H](OC[C@H]1CCCO1)C(=O)N1CCC[C@H](c2nc3ccccc3[nH]2)C1. The summed E-state index contributed by atoms with van der Waals surface area (Å²) in [5, 5.41) is 0. The van der Waals surface area contributed by atoms with Crippen LogP contribution in [-0.4, -0.2) is 59.3 Å². The zero-order chi connectivity index (χ0) is 17.9. The molecule has 2 aromatic rings. The van der Waals surface area contributed by atoms with Gasteiger partial charge < -0.3 is 19.4 Å². The number of hydrogen-bond acceptors (Lipinski definition) is 4. The Bertz CT molecular complexity index is 721. The van der Waals surface area contributed by atoms with Crippen LogP contribution in [-0.2, 0) is 14.3 Å². The molecule has 1 aromatic heterocycles. The molecule has 0 aliphatic carbocycles. The van der Waals surface area contributed by atoms with Crippen LogP contribution in [0, 0.1) is 0 Å². The van der Waals surface area contributed by atoms with E-state index in [9.17, 15) is 4.79 Å². The van der Waals surface area contributed by atoms with Gasteiger partial charge in [0.05, 0.1) is 23.7 Å². The number of rotatable bonds is 5. The predicted molar refractivity (Wildman–Crippen MR) is 99.0 cm³/mol. The molecular formula is C20H27N3O3. The number of hydrogen-bond donors (Lipinski definition) is 1. The minimum Gasteiger partial charge on any atom is -0.376 e. The predicted octanol–water partition coefficient (Wildman–Crippen LogP) is 2.85. The van der Waals surface area contributed by atoms with Crippen molar-refractivity contribution in [1.29, 1.82) is 0 Å². The largest absolute Gasteiger partial charge is 0.376 e. The summed E-state index contributed by atoms with van der Waals surface area (Å²) in [6.45, 7) is 4.66. The second-order valence-corrected chi connectivity index (χ2v) is 7.37. The molecule has 26 heavy (non-hydrogen) atoms. The van der Waals surface area contributed by atoms with E-state index < -0.39 is 6.10 Å². The molecule has 2 aliphatic heterocycles. The Hall–Kier alpha value is -1.92. The fraction of sp³-hybridized carbons (Fsp3) is 0.600. The van der Waals surface area contributed by atoms with Gasteiger partial charge in [0.25, 0.3) is 5.91 Å². The maximum atomic E-state index is 12.8. The number of carbonyl (C=O) groups is 1. The lowest BCUT2D eigenvalue weighted by Crippen LogP contribution is -2.45. The van der Waals surface area contributed by atoms with E-state index in [1.165, 1.54) is 0 Å². The maximum Gasteiger partial charge on any atom is 0.251 e. The molecule has 1 aromatic carbocycles. The number of nitrogens with zero attached hydrogens (tertiary/aromatic N) is 2. The van der Waals surface area contributed by atoms with Gasteiger partial charge in [-0.2, -0.15) is 0 Å². The molecule has 3 atom stereocenters. The van der Waals surface area contributed by atoms with Crippen LogP contribution in [0.3, 0.4) is 0 Å². The zero-order valence-corrected chi connectivity index (χ0v) is 15.3. The lowest BCUT2D eigenvalue weighted by atomic mass is 9.97. The van der Waals surface area contributed by atoms with Gasteiger partial charge >= 0.3 is 0 Å². The Morgan fingerprint density at radius 1 is 1.38 bits per heavy atom. The van der Waals surface area contributed by atoms with Crippen LogP contribution in [0.4, 0.5) is 0 Å². The number of H-pyrrole nitrogens is 1. The first kappa shape index (κ1) is 17.5. The molecular weight excluding hydrogens is 330 g/mol. The van der Waals surface area contributed by atoms with Crippen LogP contribution < -0.4 is 0 Å². The number of piperidine rings is 1. The maximum absolute atomic E-state index is 12.8. The van der Waals surface area contributed by atoms with Crippen molar-refractivity contribution in [3.05, 3.63) is 30.1 Å². The lowest BCUT2D eigenvalue weighted by Gasteiger charge is -2.33. The van der Waals surface area contributed by atoms with Crippen LogP contribution in [0.1, 0.15) is 44.3 Å². The van der Waals surface area contributed by atoms with Crippen molar-refractivity contribution in [2.24, 2.45) is 0 Å². The number of aromatic nitrogens is 2. The van der Waals surface area contributed by atoms with Crippen molar-refractivity contribution in [1.82, 2.24) is 14.9 Å². The molecule has 2 fully saturated rings. The summed E-state index contributed by atoms with van der Waals surface area (Å²) in [7, 11) is 0. The Morgan fingerprint density at radius 3 is 3.08 bits per heavy atom. The van der Waals surface area contributed by atoms with Gasteiger partial charge in [0, 0.05) is 25.6 Å². The number of likely N-dealkylation sites (tertiary alicyclic amines) is 1. The molecule has 2 aliphatic rings. The van der Waals surface area contributed by atoms with E-state index >= 15 is 0 Å². The van der Waals surface area contributed by atoms with Gasteiger partial charge in [0.15, 0.2) is 0 Å². The molecule has 0 bridgehead atoms. The molecule has 1 amide bonds. The van der Waals surface area contributed by atoms with Crippen LogP contribution >= 0.6 is 0 Å². The third-order valence-electron chi connectivity index (χ3n) is 5.43. The van der Waals surface area contributed by atoms with Gasteiger partial charge in [-0.1, -0.05) is 12.1 Å². The number of amides is 1. The Labute approximate surface area is 153 Å². The van der Waals surface area contributed by atoms with Crippen molar-refractivity contribution in [2.45, 2.75) is 50.7 Å². The average Bonchev–Trinajstić information content (AvgIpc) is 3.35. The zero-order valence-electron chi connectivity index (χ0n) is 15.3. The van der Waals surface area contributed by atoms with Gasteiger partial charge in [-0.25, -0.2) is 4.98 Å². The minimum atomic E-state index is -0.423. The number of nitrogens with one attached hydrogen (secondary N) is 1. The third-order valence-corrected chi connectivity index (χ3v) is 5.43. The van der Waals surface area contributed by atoms with E-state index in [-0.39, 0.29) is 17.9 Å². The van der Waals surface area contributed by atoms with Crippen LogP contribution in [0.2, 0.25) is 0 Å². The summed E-state index contributed by atoms with van der Waals surface area (Å²) in [6.07, 6.45) is 3.88. The molecule has 0 saturated carbocycles.